The largest absolute Gasteiger partial charge is 0.441 e. The van der Waals surface area contributed by atoms with Gasteiger partial charge < -0.3 is 9.73 Å². The first-order valence-electron chi connectivity index (χ1n) is 7.09. The molecule has 2 heterocycles. The van der Waals surface area contributed by atoms with Gasteiger partial charge in [-0.15, -0.1) is 0 Å². The number of sulfone groups is 1. The molecule has 0 saturated carbocycles. The summed E-state index contributed by atoms with van der Waals surface area (Å²) in [6.45, 7) is 1.65. The van der Waals surface area contributed by atoms with Gasteiger partial charge in [-0.3, -0.25) is 4.79 Å². The fourth-order valence-corrected chi connectivity index (χ4v) is 4.28. The maximum absolute atomic E-state index is 12.3. The van der Waals surface area contributed by atoms with Gasteiger partial charge in [-0.2, -0.15) is 0 Å². The van der Waals surface area contributed by atoms with E-state index < -0.39 is 15.7 Å². The van der Waals surface area contributed by atoms with Gasteiger partial charge in [0.2, 0.25) is 5.89 Å². The molecule has 1 aromatic heterocycles. The average Bonchev–Trinajstić information content (AvgIpc) is 3.02. The normalized spacial score (nSPS) is 19.7. The highest BCUT2D eigenvalue weighted by molar-refractivity contribution is 7.91. The Kier molecular flexibility index (Phi) is 4.16. The predicted octanol–water partition coefficient (Wildman–Crippen LogP) is 2.22. The summed E-state index contributed by atoms with van der Waals surface area (Å²) in [6.07, 6.45) is 0.426. The Bertz CT molecular complexity index is 843. The number of halogens is 1. The van der Waals surface area contributed by atoms with Crippen molar-refractivity contribution in [2.45, 2.75) is 19.4 Å². The Labute approximate surface area is 138 Å². The zero-order valence-electron chi connectivity index (χ0n) is 12.4. The Morgan fingerprint density at radius 3 is 2.65 bits per heavy atom. The summed E-state index contributed by atoms with van der Waals surface area (Å²) in [7, 11) is -3.05. The minimum Gasteiger partial charge on any atom is -0.441 e. The SMILES string of the molecule is Cc1oc(-c2ccc(Cl)cc2)nc1C(=O)N[C@@H]1CCS(=O)(=O)C1. The molecule has 0 bridgehead atoms. The Balaban J connectivity index is 1.78. The van der Waals surface area contributed by atoms with Crippen LogP contribution in [0.5, 0.6) is 0 Å². The summed E-state index contributed by atoms with van der Waals surface area (Å²) in [5.74, 6) is 0.357. The summed E-state index contributed by atoms with van der Waals surface area (Å²) in [5, 5.41) is 3.30. The number of carbonyl (C=O) groups is 1. The molecule has 0 unspecified atom stereocenters. The number of hydrogen-bond donors (Lipinski definition) is 1. The highest BCUT2D eigenvalue weighted by Gasteiger charge is 2.30. The van der Waals surface area contributed by atoms with Gasteiger partial charge in [0.25, 0.3) is 5.91 Å². The standard InChI is InChI=1S/C15H15ClN2O4S/c1-9-13(14(19)17-12-6-7-23(20,21)8-12)18-15(22-9)10-2-4-11(16)5-3-10/h2-5,12H,6-8H2,1H3,(H,17,19)/t12-/m1/s1. The molecule has 23 heavy (non-hydrogen) atoms. The lowest BCUT2D eigenvalue weighted by Gasteiger charge is -2.08. The van der Waals surface area contributed by atoms with Crippen molar-refractivity contribution >= 4 is 27.3 Å². The van der Waals surface area contributed by atoms with E-state index in [1.807, 2.05) is 0 Å². The predicted molar refractivity (Wildman–Crippen MR) is 86.2 cm³/mol. The maximum atomic E-state index is 12.3. The molecule has 1 fully saturated rings. The van der Waals surface area contributed by atoms with E-state index in [1.54, 1.807) is 31.2 Å². The van der Waals surface area contributed by atoms with Gasteiger partial charge in [0.1, 0.15) is 5.76 Å². The lowest BCUT2D eigenvalue weighted by atomic mass is 10.2. The Morgan fingerprint density at radius 2 is 2.04 bits per heavy atom. The van der Waals surface area contributed by atoms with Crippen LogP contribution >= 0.6 is 11.6 Å². The van der Waals surface area contributed by atoms with E-state index in [0.717, 1.165) is 0 Å². The van der Waals surface area contributed by atoms with Gasteiger partial charge in [0.05, 0.1) is 11.5 Å². The molecule has 122 valence electrons. The van der Waals surface area contributed by atoms with Crippen molar-refractivity contribution in [3.05, 3.63) is 40.7 Å². The molecule has 0 spiro atoms. The first-order chi connectivity index (χ1) is 10.8. The molecule has 8 heteroatoms. The monoisotopic (exact) mass is 354 g/mol. The topological polar surface area (TPSA) is 89.3 Å². The first-order valence-corrected chi connectivity index (χ1v) is 9.29. The van der Waals surface area contributed by atoms with E-state index in [-0.39, 0.29) is 23.2 Å². The molecule has 1 amide bonds. The Morgan fingerprint density at radius 1 is 1.35 bits per heavy atom. The number of benzene rings is 1. The third-order valence-corrected chi connectivity index (χ3v) is 5.69. The molecule has 1 atom stereocenters. The molecule has 3 rings (SSSR count). The molecule has 1 N–H and O–H groups in total. The van der Waals surface area contributed by atoms with E-state index in [9.17, 15) is 13.2 Å². The zero-order chi connectivity index (χ0) is 16.6. The average molecular weight is 355 g/mol. The van der Waals surface area contributed by atoms with Crippen LogP contribution in [0.1, 0.15) is 22.7 Å². The van der Waals surface area contributed by atoms with Crippen molar-refractivity contribution in [1.29, 1.82) is 0 Å². The Hall–Kier alpha value is -1.86. The van der Waals surface area contributed by atoms with Gasteiger partial charge in [0.15, 0.2) is 15.5 Å². The van der Waals surface area contributed by atoms with Crippen LogP contribution in [0.25, 0.3) is 11.5 Å². The lowest BCUT2D eigenvalue weighted by molar-refractivity contribution is 0.0935. The van der Waals surface area contributed by atoms with E-state index in [0.29, 0.717) is 28.7 Å². The van der Waals surface area contributed by atoms with E-state index in [2.05, 4.69) is 10.3 Å². The molecule has 1 saturated heterocycles. The second kappa shape index (κ2) is 5.98. The second-order valence-corrected chi connectivity index (χ2v) is 8.17. The van der Waals surface area contributed by atoms with Crippen LogP contribution in [0, 0.1) is 6.92 Å². The summed E-state index contributed by atoms with van der Waals surface area (Å²) in [6, 6.07) is 6.54. The van der Waals surface area contributed by atoms with E-state index in [1.165, 1.54) is 0 Å². The van der Waals surface area contributed by atoms with Crippen LogP contribution in [-0.2, 0) is 9.84 Å². The quantitative estimate of drug-likeness (QED) is 0.912. The van der Waals surface area contributed by atoms with Gasteiger partial charge in [-0.1, -0.05) is 11.6 Å². The number of oxazole rings is 1. The van der Waals surface area contributed by atoms with E-state index >= 15 is 0 Å². The highest BCUT2D eigenvalue weighted by atomic mass is 35.5. The molecule has 0 radical (unpaired) electrons. The van der Waals surface area contributed by atoms with Gasteiger partial charge in [0, 0.05) is 16.6 Å². The van der Waals surface area contributed by atoms with Crippen molar-refractivity contribution < 1.29 is 17.6 Å². The number of nitrogens with one attached hydrogen (secondary N) is 1. The maximum Gasteiger partial charge on any atom is 0.273 e. The minimum atomic E-state index is -3.05. The summed E-state index contributed by atoms with van der Waals surface area (Å²) in [5.41, 5.74) is 0.874. The summed E-state index contributed by atoms with van der Waals surface area (Å²) < 4.78 is 28.4. The molecule has 1 aromatic carbocycles. The molecule has 1 aliphatic rings. The highest BCUT2D eigenvalue weighted by Crippen LogP contribution is 2.23. The van der Waals surface area contributed by atoms with Crippen molar-refractivity contribution in [3.63, 3.8) is 0 Å². The van der Waals surface area contributed by atoms with Crippen LogP contribution in [0.2, 0.25) is 5.02 Å². The fourth-order valence-electron chi connectivity index (χ4n) is 2.49. The number of nitrogens with zero attached hydrogens (tertiary/aromatic N) is 1. The number of rotatable bonds is 3. The molecule has 0 aliphatic carbocycles. The van der Waals surface area contributed by atoms with Crippen LogP contribution in [-0.4, -0.2) is 36.9 Å². The number of hydrogen-bond acceptors (Lipinski definition) is 5. The molecule has 1 aliphatic heterocycles. The third kappa shape index (κ3) is 3.56. The van der Waals surface area contributed by atoms with Crippen LogP contribution in [0.4, 0.5) is 0 Å². The molecular formula is C15H15ClN2O4S. The summed E-state index contributed by atoms with van der Waals surface area (Å²) in [4.78, 5) is 16.5. The lowest BCUT2D eigenvalue weighted by Crippen LogP contribution is -2.36. The van der Waals surface area contributed by atoms with Crippen molar-refractivity contribution in [2.24, 2.45) is 0 Å². The second-order valence-electron chi connectivity index (χ2n) is 5.50. The minimum absolute atomic E-state index is 0.0281. The van der Waals surface area contributed by atoms with Gasteiger partial charge in [-0.05, 0) is 37.6 Å². The third-order valence-electron chi connectivity index (χ3n) is 3.67. The molecular weight excluding hydrogens is 340 g/mol. The molecule has 2 aromatic rings. The van der Waals surface area contributed by atoms with Crippen LogP contribution in [0.15, 0.2) is 28.7 Å². The van der Waals surface area contributed by atoms with Crippen molar-refractivity contribution in [3.8, 4) is 11.5 Å². The van der Waals surface area contributed by atoms with Gasteiger partial charge in [-0.25, -0.2) is 13.4 Å². The smallest absolute Gasteiger partial charge is 0.273 e. The van der Waals surface area contributed by atoms with Crippen molar-refractivity contribution in [2.75, 3.05) is 11.5 Å². The van der Waals surface area contributed by atoms with Crippen LogP contribution in [0.3, 0.4) is 0 Å². The first kappa shape index (κ1) is 16.0. The number of aryl methyl sites for hydroxylation is 1. The summed E-state index contributed by atoms with van der Waals surface area (Å²) >= 11 is 5.84. The number of aromatic nitrogens is 1. The van der Waals surface area contributed by atoms with E-state index in [4.69, 9.17) is 16.0 Å². The van der Waals surface area contributed by atoms with Crippen molar-refractivity contribution in [1.82, 2.24) is 10.3 Å². The van der Waals surface area contributed by atoms with Crippen LogP contribution < -0.4 is 5.32 Å². The zero-order valence-corrected chi connectivity index (χ0v) is 13.9. The van der Waals surface area contributed by atoms with Gasteiger partial charge >= 0.3 is 0 Å². The fraction of sp³-hybridized carbons (Fsp3) is 0.333. The molecule has 6 nitrogen and oxygen atoms in total. The number of amides is 1. The number of carbonyl (C=O) groups excluding carboxylic acids is 1.